The third-order valence-electron chi connectivity index (χ3n) is 2.46. The van der Waals surface area contributed by atoms with Crippen molar-refractivity contribution in [2.45, 2.75) is 19.4 Å². The van der Waals surface area contributed by atoms with E-state index in [1.807, 2.05) is 17.5 Å². The first-order chi connectivity index (χ1) is 8.22. The predicted molar refractivity (Wildman–Crippen MR) is 71.2 cm³/mol. The van der Waals surface area contributed by atoms with Crippen molar-refractivity contribution in [1.82, 2.24) is 5.32 Å². The molecule has 1 amide bonds. The van der Waals surface area contributed by atoms with Gasteiger partial charge in [-0.2, -0.15) is 0 Å². The van der Waals surface area contributed by atoms with Crippen LogP contribution in [-0.2, 0) is 0 Å². The van der Waals surface area contributed by atoms with Gasteiger partial charge in [-0.3, -0.25) is 4.79 Å². The molecular formula is C12H12BrNO2S. The van der Waals surface area contributed by atoms with Crippen LogP contribution in [0.15, 0.2) is 38.9 Å². The zero-order valence-corrected chi connectivity index (χ0v) is 11.7. The summed E-state index contributed by atoms with van der Waals surface area (Å²) in [4.78, 5) is 13.2. The largest absolute Gasteiger partial charge is 0.457 e. The lowest BCUT2D eigenvalue weighted by Gasteiger charge is -2.14. The molecule has 0 fully saturated rings. The lowest BCUT2D eigenvalue weighted by atomic mass is 10.1. The van der Waals surface area contributed by atoms with Gasteiger partial charge in [0.2, 0.25) is 0 Å². The van der Waals surface area contributed by atoms with Crippen LogP contribution < -0.4 is 5.32 Å². The third-order valence-corrected chi connectivity index (χ3v) is 4.06. The molecule has 0 aromatic carbocycles. The first kappa shape index (κ1) is 12.4. The Kier molecular flexibility index (Phi) is 4.02. The molecule has 2 heterocycles. The number of hydrogen-bond acceptors (Lipinski definition) is 3. The van der Waals surface area contributed by atoms with Gasteiger partial charge >= 0.3 is 0 Å². The Morgan fingerprint density at radius 2 is 2.41 bits per heavy atom. The van der Waals surface area contributed by atoms with Crippen LogP contribution in [-0.4, -0.2) is 5.91 Å². The highest BCUT2D eigenvalue weighted by Gasteiger charge is 2.17. The summed E-state index contributed by atoms with van der Waals surface area (Å²) in [5.41, 5.74) is 0.528. The van der Waals surface area contributed by atoms with Crippen molar-refractivity contribution in [2.75, 3.05) is 0 Å². The average molecular weight is 314 g/mol. The van der Waals surface area contributed by atoms with E-state index in [0.29, 0.717) is 10.2 Å². The number of hydrogen-bond donors (Lipinski definition) is 1. The summed E-state index contributed by atoms with van der Waals surface area (Å²) in [5, 5.41) is 5.01. The van der Waals surface area contributed by atoms with Crippen LogP contribution in [0.3, 0.4) is 0 Å². The van der Waals surface area contributed by atoms with Crippen molar-refractivity contribution in [2.24, 2.45) is 0 Å². The first-order valence-corrected chi connectivity index (χ1v) is 6.97. The Hall–Kier alpha value is -1.07. The second-order valence-electron chi connectivity index (χ2n) is 3.56. The van der Waals surface area contributed by atoms with Crippen LogP contribution in [0.25, 0.3) is 0 Å². The maximum absolute atomic E-state index is 12.0. The van der Waals surface area contributed by atoms with E-state index in [2.05, 4.69) is 28.2 Å². The van der Waals surface area contributed by atoms with Crippen LogP contribution >= 0.6 is 27.3 Å². The number of carbonyl (C=O) groups is 1. The molecule has 0 spiro atoms. The first-order valence-electron chi connectivity index (χ1n) is 5.29. The molecule has 0 aliphatic carbocycles. The third kappa shape index (κ3) is 2.79. The molecule has 1 atom stereocenters. The van der Waals surface area contributed by atoms with E-state index in [1.165, 1.54) is 11.1 Å². The Bertz CT molecular complexity index is 492. The molecule has 0 bridgehead atoms. The second-order valence-corrected chi connectivity index (χ2v) is 5.26. The van der Waals surface area contributed by atoms with Gasteiger partial charge in [-0.1, -0.05) is 13.0 Å². The normalized spacial score (nSPS) is 12.4. The molecule has 2 rings (SSSR count). The van der Waals surface area contributed by atoms with E-state index >= 15 is 0 Å². The van der Waals surface area contributed by atoms with Crippen molar-refractivity contribution in [3.8, 4) is 0 Å². The Balaban J connectivity index is 2.10. The zero-order chi connectivity index (χ0) is 12.3. The molecule has 17 heavy (non-hydrogen) atoms. The molecule has 0 radical (unpaired) electrons. The van der Waals surface area contributed by atoms with Crippen LogP contribution in [0.2, 0.25) is 0 Å². The summed E-state index contributed by atoms with van der Waals surface area (Å²) >= 11 is 4.85. The van der Waals surface area contributed by atoms with Crippen molar-refractivity contribution in [3.05, 3.63) is 45.0 Å². The second kappa shape index (κ2) is 5.51. The number of nitrogens with one attached hydrogen (secondary N) is 1. The van der Waals surface area contributed by atoms with Gasteiger partial charge in [-0.05, 0) is 39.9 Å². The fourth-order valence-corrected chi connectivity index (χ4v) is 2.84. The van der Waals surface area contributed by atoms with Gasteiger partial charge in [0.05, 0.1) is 17.9 Å². The number of thiophene rings is 1. The van der Waals surface area contributed by atoms with Gasteiger partial charge in [-0.15, -0.1) is 11.3 Å². The van der Waals surface area contributed by atoms with Crippen LogP contribution in [0, 0.1) is 0 Å². The number of carbonyl (C=O) groups excluding carboxylic acids is 1. The van der Waals surface area contributed by atoms with E-state index in [-0.39, 0.29) is 11.9 Å². The lowest BCUT2D eigenvalue weighted by molar-refractivity contribution is 0.0934. The van der Waals surface area contributed by atoms with Gasteiger partial charge < -0.3 is 9.73 Å². The fourth-order valence-electron chi connectivity index (χ4n) is 1.56. The van der Waals surface area contributed by atoms with Gasteiger partial charge in [0, 0.05) is 4.88 Å². The van der Waals surface area contributed by atoms with E-state index in [0.717, 1.165) is 6.42 Å². The van der Waals surface area contributed by atoms with Crippen molar-refractivity contribution in [3.63, 3.8) is 0 Å². The molecule has 0 saturated heterocycles. The van der Waals surface area contributed by atoms with Gasteiger partial charge in [0.25, 0.3) is 5.91 Å². The minimum atomic E-state index is -0.120. The summed E-state index contributed by atoms with van der Waals surface area (Å²) in [7, 11) is 0. The number of halogens is 1. The molecule has 5 heteroatoms. The minimum Gasteiger partial charge on any atom is -0.457 e. The molecule has 2 aromatic rings. The molecule has 0 aliphatic heterocycles. The molecule has 90 valence electrons. The molecular weight excluding hydrogens is 302 g/mol. The highest BCUT2D eigenvalue weighted by atomic mass is 79.9. The maximum atomic E-state index is 12.0. The van der Waals surface area contributed by atoms with Crippen molar-refractivity contribution >= 4 is 33.2 Å². The monoisotopic (exact) mass is 313 g/mol. The van der Waals surface area contributed by atoms with Crippen molar-refractivity contribution in [1.29, 1.82) is 0 Å². The number of rotatable bonds is 4. The SMILES string of the molecule is CCC(NC(=O)c1ccoc1Br)c1cccs1. The highest BCUT2D eigenvalue weighted by molar-refractivity contribution is 9.10. The standard InChI is InChI=1S/C12H12BrNO2S/c1-2-9(10-4-3-7-17-10)14-12(15)8-5-6-16-11(8)13/h3-7,9H,2H2,1H3,(H,14,15). The van der Waals surface area contributed by atoms with Crippen LogP contribution in [0.1, 0.15) is 34.6 Å². The molecule has 2 aromatic heterocycles. The van der Waals surface area contributed by atoms with Gasteiger partial charge in [0.15, 0.2) is 4.67 Å². The smallest absolute Gasteiger partial charge is 0.256 e. The summed E-state index contributed by atoms with van der Waals surface area (Å²) in [6, 6.07) is 5.73. The Morgan fingerprint density at radius 1 is 1.59 bits per heavy atom. The summed E-state index contributed by atoms with van der Waals surface area (Å²) in [6.45, 7) is 2.05. The molecule has 3 nitrogen and oxygen atoms in total. The fraction of sp³-hybridized carbons (Fsp3) is 0.250. The molecule has 1 unspecified atom stereocenters. The summed E-state index contributed by atoms with van der Waals surface area (Å²) in [5.74, 6) is -0.120. The number of amides is 1. The van der Waals surface area contributed by atoms with Crippen LogP contribution in [0.4, 0.5) is 0 Å². The Labute approximate surface area is 112 Å². The lowest BCUT2D eigenvalue weighted by Crippen LogP contribution is -2.27. The zero-order valence-electron chi connectivity index (χ0n) is 9.27. The summed E-state index contributed by atoms with van der Waals surface area (Å²) in [6.07, 6.45) is 2.35. The van der Waals surface area contributed by atoms with E-state index in [4.69, 9.17) is 4.42 Å². The quantitative estimate of drug-likeness (QED) is 0.927. The van der Waals surface area contributed by atoms with Gasteiger partial charge in [-0.25, -0.2) is 0 Å². The summed E-state index contributed by atoms with van der Waals surface area (Å²) < 4.78 is 5.52. The topological polar surface area (TPSA) is 42.2 Å². The van der Waals surface area contributed by atoms with E-state index in [1.54, 1.807) is 17.4 Å². The van der Waals surface area contributed by atoms with Gasteiger partial charge in [0.1, 0.15) is 0 Å². The van der Waals surface area contributed by atoms with E-state index < -0.39 is 0 Å². The number of furan rings is 1. The maximum Gasteiger partial charge on any atom is 0.256 e. The molecule has 1 N–H and O–H groups in total. The highest BCUT2D eigenvalue weighted by Crippen LogP contribution is 2.23. The predicted octanol–water partition coefficient (Wildman–Crippen LogP) is 3.98. The molecule has 0 aliphatic rings. The van der Waals surface area contributed by atoms with E-state index in [9.17, 15) is 4.79 Å². The van der Waals surface area contributed by atoms with Crippen LogP contribution in [0.5, 0.6) is 0 Å². The van der Waals surface area contributed by atoms with Crippen molar-refractivity contribution < 1.29 is 9.21 Å². The Morgan fingerprint density at radius 3 is 2.94 bits per heavy atom. The minimum absolute atomic E-state index is 0.0595. The average Bonchev–Trinajstić information content (AvgIpc) is 2.96. The molecule has 0 saturated carbocycles.